The normalized spacial score (nSPS) is 13.5. The molecule has 0 radical (unpaired) electrons. The number of esters is 2. The lowest BCUT2D eigenvalue weighted by Gasteiger charge is -2.25. The lowest BCUT2D eigenvalue weighted by molar-refractivity contribution is -0.870. The Morgan fingerprint density at radius 3 is 0.792 bits per heavy atom. The van der Waals surface area contributed by atoms with Gasteiger partial charge in [0.1, 0.15) is 13.2 Å². The number of unbranched alkanes of at least 4 members (excludes halogenated alkanes) is 35. The topological polar surface area (TPSA) is 108 Å². The molecule has 576 valence electrons. The predicted molar refractivity (Wildman–Crippen MR) is 437 cm³/mol. The molecule has 9 nitrogen and oxygen atoms in total. The molecule has 101 heavy (non-hydrogen) atoms. The van der Waals surface area contributed by atoms with Crippen LogP contribution in [0.15, 0.2) is 158 Å². The van der Waals surface area contributed by atoms with Gasteiger partial charge in [-0.05, 0) is 122 Å². The summed E-state index contributed by atoms with van der Waals surface area (Å²) in [5.41, 5.74) is 0. The molecule has 0 aliphatic carbocycles. The number of ether oxygens (including phenoxy) is 4. The summed E-state index contributed by atoms with van der Waals surface area (Å²) in [4.78, 5) is 37.8. The van der Waals surface area contributed by atoms with Crippen molar-refractivity contribution in [1.29, 1.82) is 0 Å². The van der Waals surface area contributed by atoms with Crippen molar-refractivity contribution < 1.29 is 42.9 Å². The van der Waals surface area contributed by atoms with Crippen LogP contribution >= 0.6 is 0 Å². The fourth-order valence-corrected chi connectivity index (χ4v) is 11.5. The maximum Gasteiger partial charge on any atom is 0.361 e. The number of carbonyl (C=O) groups is 3. The summed E-state index contributed by atoms with van der Waals surface area (Å²) in [5.74, 6) is -1.99. The first kappa shape index (κ1) is 95.9. The molecule has 1 N–H and O–H groups in total. The Hall–Kier alpha value is -5.09. The van der Waals surface area contributed by atoms with Crippen LogP contribution in [0.3, 0.4) is 0 Å². The molecule has 0 aliphatic heterocycles. The van der Waals surface area contributed by atoms with Gasteiger partial charge in [0.15, 0.2) is 6.10 Å². The van der Waals surface area contributed by atoms with Crippen molar-refractivity contribution >= 4 is 17.9 Å². The average molecular weight is 1400 g/mol. The van der Waals surface area contributed by atoms with Gasteiger partial charge in [0, 0.05) is 12.8 Å². The monoisotopic (exact) mass is 1400 g/mol. The van der Waals surface area contributed by atoms with Crippen LogP contribution in [0.2, 0.25) is 0 Å². The maximum absolute atomic E-state index is 13.0. The van der Waals surface area contributed by atoms with E-state index in [4.69, 9.17) is 18.9 Å². The summed E-state index contributed by atoms with van der Waals surface area (Å²) in [7, 11) is 5.99. The maximum atomic E-state index is 13.0. The number of hydrogen-bond donors (Lipinski definition) is 1. The highest BCUT2D eigenvalue weighted by Crippen LogP contribution is 2.19. The van der Waals surface area contributed by atoms with E-state index in [1.165, 1.54) is 199 Å². The van der Waals surface area contributed by atoms with E-state index in [0.29, 0.717) is 17.4 Å². The third kappa shape index (κ3) is 82.1. The first-order valence-corrected chi connectivity index (χ1v) is 41.6. The van der Waals surface area contributed by atoms with E-state index in [1.807, 2.05) is 21.1 Å². The number of nitrogens with zero attached hydrogens (tertiary/aromatic N) is 1. The van der Waals surface area contributed by atoms with Crippen LogP contribution in [0.1, 0.15) is 348 Å². The Morgan fingerprint density at radius 1 is 0.297 bits per heavy atom. The van der Waals surface area contributed by atoms with Crippen LogP contribution < -0.4 is 0 Å². The van der Waals surface area contributed by atoms with E-state index in [-0.39, 0.29) is 32.2 Å². The quantitative estimate of drug-likeness (QED) is 0.0211. The number of likely N-dealkylation sites (N-methyl/N-ethyl adjacent to an activating group) is 1. The number of rotatable bonds is 76. The van der Waals surface area contributed by atoms with Gasteiger partial charge in [0.05, 0.1) is 34.4 Å². The predicted octanol–water partition coefficient (Wildman–Crippen LogP) is 27.1. The molecular weight excluding hydrogens is 1250 g/mol. The summed E-state index contributed by atoms with van der Waals surface area (Å²) in [6.45, 7) is 4.68. The third-order valence-corrected chi connectivity index (χ3v) is 17.8. The second kappa shape index (κ2) is 80.6. The number of carbonyl (C=O) groups excluding carboxylic acids is 2. The number of carboxylic acids is 1. The summed E-state index contributed by atoms with van der Waals surface area (Å²) in [6, 6.07) is 0. The molecule has 0 bridgehead atoms. The fraction of sp³-hybridized carbons (Fsp3) is 0.685. The molecule has 2 atom stereocenters. The minimum atomic E-state index is -1.52. The van der Waals surface area contributed by atoms with Crippen molar-refractivity contribution in [3.63, 3.8) is 0 Å². The number of aliphatic carboxylic acids is 1. The van der Waals surface area contributed by atoms with Crippen LogP contribution in [-0.2, 0) is 33.3 Å². The molecule has 9 heteroatoms. The van der Waals surface area contributed by atoms with Crippen LogP contribution in [-0.4, -0.2) is 87.4 Å². The van der Waals surface area contributed by atoms with Crippen LogP contribution in [0.5, 0.6) is 0 Å². The fourth-order valence-electron chi connectivity index (χ4n) is 11.5. The average Bonchev–Trinajstić information content (AvgIpc) is 1.21. The molecule has 0 amide bonds. The third-order valence-electron chi connectivity index (χ3n) is 17.8. The molecule has 0 rings (SSSR count). The molecule has 0 saturated heterocycles. The summed E-state index contributed by atoms with van der Waals surface area (Å²) < 4.78 is 23.1. The molecule has 0 spiro atoms. The van der Waals surface area contributed by atoms with Gasteiger partial charge in [-0.15, -0.1) is 0 Å². The van der Waals surface area contributed by atoms with Crippen LogP contribution in [0.25, 0.3) is 0 Å². The van der Waals surface area contributed by atoms with E-state index in [0.717, 1.165) is 122 Å². The Bertz CT molecular complexity index is 2230. The number of allylic oxidation sites excluding steroid dienone is 26. The zero-order chi connectivity index (χ0) is 73.2. The summed E-state index contributed by atoms with van der Waals surface area (Å²) in [5, 5.41) is 9.79. The van der Waals surface area contributed by atoms with Gasteiger partial charge < -0.3 is 28.5 Å². The van der Waals surface area contributed by atoms with Crippen LogP contribution in [0.4, 0.5) is 0 Å². The first-order valence-electron chi connectivity index (χ1n) is 41.6. The van der Waals surface area contributed by atoms with Crippen molar-refractivity contribution in [2.45, 2.75) is 360 Å². The number of hydrogen-bond acceptors (Lipinski definition) is 7. The van der Waals surface area contributed by atoms with Crippen molar-refractivity contribution in [1.82, 2.24) is 0 Å². The van der Waals surface area contributed by atoms with Crippen molar-refractivity contribution in [2.75, 3.05) is 47.5 Å². The molecule has 2 unspecified atom stereocenters. The lowest BCUT2D eigenvalue weighted by atomic mass is 10.0. The minimum absolute atomic E-state index is 0.184. The Labute approximate surface area is 623 Å². The van der Waals surface area contributed by atoms with E-state index in [9.17, 15) is 19.5 Å². The standard InChI is InChI=1S/C92H155NO8/c1-6-8-10-12-14-16-18-20-22-24-26-28-30-32-34-36-38-40-42-43-44-45-46-47-49-51-53-55-57-59-61-63-65-67-69-71-73-75-77-79-81-83-90(95)101-88(87-100-92(91(96)97)98-85-84-93(3,4)5)86-99-89(94)82-80-78-76-74-72-70-68-66-64-62-60-58-56-54-52-50-48-41-39-37-35-33-31-29-27-25-23-21-19-17-15-13-11-9-7-2/h8-11,14-17,20-23,26-29,32-35,38-41,43-44,88,92H,6-7,12-13,18-19,24-25,30-31,36-37,42,45-87H2,1-5H3/p+1/b10-8-,11-9-,16-14-,17-15-,22-20-,23-21-,28-26-,29-27-,34-32-,35-33-,40-38-,41-39-,44-43-. The zero-order valence-electron chi connectivity index (χ0n) is 66.0. The zero-order valence-corrected chi connectivity index (χ0v) is 66.0. The molecule has 0 aliphatic rings. The van der Waals surface area contributed by atoms with Gasteiger partial charge in [0.25, 0.3) is 6.29 Å². The van der Waals surface area contributed by atoms with Crippen LogP contribution in [0, 0.1) is 0 Å². The summed E-state index contributed by atoms with van der Waals surface area (Å²) in [6.07, 6.45) is 117. The summed E-state index contributed by atoms with van der Waals surface area (Å²) >= 11 is 0. The van der Waals surface area contributed by atoms with Gasteiger partial charge in [-0.1, -0.05) is 371 Å². The van der Waals surface area contributed by atoms with E-state index >= 15 is 0 Å². The van der Waals surface area contributed by atoms with E-state index < -0.39 is 24.3 Å². The van der Waals surface area contributed by atoms with E-state index in [2.05, 4.69) is 172 Å². The molecule has 0 aromatic carbocycles. The second-order valence-electron chi connectivity index (χ2n) is 28.7. The van der Waals surface area contributed by atoms with Gasteiger partial charge in [-0.25, -0.2) is 4.79 Å². The lowest BCUT2D eigenvalue weighted by Crippen LogP contribution is -2.40. The van der Waals surface area contributed by atoms with Gasteiger partial charge >= 0.3 is 17.9 Å². The smallest absolute Gasteiger partial charge is 0.361 e. The van der Waals surface area contributed by atoms with Crippen molar-refractivity contribution in [3.05, 3.63) is 158 Å². The number of quaternary nitrogens is 1. The van der Waals surface area contributed by atoms with Crippen molar-refractivity contribution in [2.24, 2.45) is 0 Å². The van der Waals surface area contributed by atoms with E-state index in [1.54, 1.807) is 0 Å². The largest absolute Gasteiger partial charge is 0.477 e. The highest BCUT2D eigenvalue weighted by Gasteiger charge is 2.25. The Morgan fingerprint density at radius 2 is 0.535 bits per heavy atom. The number of carboxylic acid groups (broad SMARTS) is 1. The Kier molecular flexibility index (Phi) is 76.5. The van der Waals surface area contributed by atoms with Gasteiger partial charge in [-0.2, -0.15) is 0 Å². The second-order valence-corrected chi connectivity index (χ2v) is 28.7. The molecule has 0 saturated carbocycles. The van der Waals surface area contributed by atoms with Gasteiger partial charge in [0.2, 0.25) is 0 Å². The molecule has 0 heterocycles. The molecule has 0 fully saturated rings. The Balaban J connectivity index is 4.01. The van der Waals surface area contributed by atoms with Gasteiger partial charge in [-0.3, -0.25) is 9.59 Å². The van der Waals surface area contributed by atoms with Crippen molar-refractivity contribution in [3.8, 4) is 0 Å². The molecule has 0 aromatic rings. The molecule has 0 aromatic heterocycles. The first-order chi connectivity index (χ1) is 49.6. The highest BCUT2D eigenvalue weighted by atomic mass is 16.7. The minimum Gasteiger partial charge on any atom is -0.477 e. The SMILES string of the molecule is CC/C=C\C/C=C\C/C=C\C/C=C\C/C=C\C/C=C\C/C=C\CCCCCCCCCCCCCCCCCCCCCC(=O)OC(COC(=O)CCCCCCCCCCCCCCCCCC/C=C\C/C=C\C/C=C\C/C=C\C/C=C\C/C=C\CC)COC(OCC[N+](C)(C)C)C(=O)O. The molecular formula is C92H156NO8+. The highest BCUT2D eigenvalue weighted by molar-refractivity contribution is 5.71.